The molecule has 4 nitrogen and oxygen atoms in total. The van der Waals surface area contributed by atoms with Gasteiger partial charge in [-0.3, -0.25) is 0 Å². The molecule has 1 aromatic heterocycles. The molecule has 1 atom stereocenters. The van der Waals surface area contributed by atoms with Crippen LogP contribution >= 0.6 is 15.9 Å². The summed E-state index contributed by atoms with van der Waals surface area (Å²) in [6, 6.07) is -0.191. The summed E-state index contributed by atoms with van der Waals surface area (Å²) < 4.78 is 5.13. The zero-order valence-electron chi connectivity index (χ0n) is 4.84. The third kappa shape index (κ3) is 1.49. The summed E-state index contributed by atoms with van der Waals surface area (Å²) in [5.41, 5.74) is 5.41. The largest absolute Gasteiger partial charge is 0.337 e. The Bertz CT molecular complexity index is 197. The minimum absolute atomic E-state index is 0.191. The molecular formula is C4H6BrN3O. The van der Waals surface area contributed by atoms with Crippen LogP contribution < -0.4 is 5.73 Å². The maximum absolute atomic E-state index is 5.41. The summed E-state index contributed by atoms with van der Waals surface area (Å²) in [5, 5.41) is 3.49. The highest BCUT2D eigenvalue weighted by Gasteiger charge is 2.06. The Morgan fingerprint density at radius 3 is 2.67 bits per heavy atom. The predicted octanol–water partition coefficient (Wildman–Crippen LogP) is 0.852. The van der Waals surface area contributed by atoms with E-state index in [2.05, 4.69) is 26.1 Å². The number of rotatable bonds is 1. The highest BCUT2D eigenvalue weighted by molar-refractivity contribution is 9.10. The Labute approximate surface area is 60.6 Å². The Kier molecular flexibility index (Phi) is 1.82. The zero-order valence-corrected chi connectivity index (χ0v) is 6.42. The number of nitrogens with zero attached hydrogens (tertiary/aromatic N) is 2. The molecule has 0 aliphatic rings. The van der Waals surface area contributed by atoms with Crippen molar-refractivity contribution in [2.24, 2.45) is 5.73 Å². The first-order valence-corrected chi connectivity index (χ1v) is 3.24. The molecule has 0 spiro atoms. The molecule has 0 aliphatic carbocycles. The van der Waals surface area contributed by atoms with Crippen molar-refractivity contribution in [1.82, 2.24) is 10.1 Å². The van der Waals surface area contributed by atoms with E-state index in [-0.39, 0.29) is 6.04 Å². The van der Waals surface area contributed by atoms with Gasteiger partial charge in [0.1, 0.15) is 0 Å². The van der Waals surface area contributed by atoms with Gasteiger partial charge in [-0.2, -0.15) is 4.98 Å². The highest BCUT2D eigenvalue weighted by atomic mass is 79.9. The summed E-state index contributed by atoms with van der Waals surface area (Å²) in [6.45, 7) is 1.78. The molecule has 0 saturated carbocycles. The molecule has 1 aromatic rings. The van der Waals surface area contributed by atoms with E-state index in [1.54, 1.807) is 6.92 Å². The van der Waals surface area contributed by atoms with Gasteiger partial charge in [0.25, 0.3) is 0 Å². The fraction of sp³-hybridized carbons (Fsp3) is 0.500. The number of halogens is 1. The molecule has 2 N–H and O–H groups in total. The normalized spacial score (nSPS) is 13.7. The van der Waals surface area contributed by atoms with Crippen LogP contribution in [-0.2, 0) is 0 Å². The van der Waals surface area contributed by atoms with Crippen LogP contribution in [0.3, 0.4) is 0 Å². The molecule has 50 valence electrons. The second-order valence-corrected chi connectivity index (χ2v) is 2.40. The third-order valence-electron chi connectivity index (χ3n) is 0.806. The van der Waals surface area contributed by atoms with E-state index in [1.807, 2.05) is 0 Å². The van der Waals surface area contributed by atoms with Crippen molar-refractivity contribution in [2.75, 3.05) is 0 Å². The SMILES string of the molecule is C[C@H](N)c1nc(Br)no1. The Morgan fingerprint density at radius 2 is 2.44 bits per heavy atom. The van der Waals surface area contributed by atoms with Gasteiger partial charge in [0.15, 0.2) is 0 Å². The zero-order chi connectivity index (χ0) is 6.85. The molecule has 0 bridgehead atoms. The van der Waals surface area contributed by atoms with Crippen LogP contribution in [0.25, 0.3) is 0 Å². The van der Waals surface area contributed by atoms with Crippen LogP contribution in [-0.4, -0.2) is 10.1 Å². The van der Waals surface area contributed by atoms with Crippen molar-refractivity contribution in [3.8, 4) is 0 Å². The van der Waals surface area contributed by atoms with E-state index >= 15 is 0 Å². The topological polar surface area (TPSA) is 64.9 Å². The fourth-order valence-corrected chi connectivity index (χ4v) is 0.648. The average molecular weight is 192 g/mol. The van der Waals surface area contributed by atoms with Crippen LogP contribution in [0.2, 0.25) is 0 Å². The molecule has 0 saturated heterocycles. The van der Waals surface area contributed by atoms with Crippen molar-refractivity contribution < 1.29 is 4.52 Å². The molecule has 1 rings (SSSR count). The molecule has 0 aromatic carbocycles. The Balaban J connectivity index is 2.85. The van der Waals surface area contributed by atoms with Gasteiger partial charge in [-0.05, 0) is 28.0 Å². The van der Waals surface area contributed by atoms with E-state index in [1.165, 1.54) is 0 Å². The van der Waals surface area contributed by atoms with Gasteiger partial charge in [0.2, 0.25) is 10.6 Å². The lowest BCUT2D eigenvalue weighted by molar-refractivity contribution is 0.359. The first-order valence-electron chi connectivity index (χ1n) is 2.45. The second kappa shape index (κ2) is 2.45. The number of hydrogen-bond donors (Lipinski definition) is 1. The lowest BCUT2D eigenvalue weighted by Crippen LogP contribution is -2.04. The van der Waals surface area contributed by atoms with Crippen molar-refractivity contribution in [3.05, 3.63) is 10.6 Å². The van der Waals surface area contributed by atoms with Gasteiger partial charge in [0, 0.05) is 0 Å². The standard InChI is InChI=1S/C4H6BrN3O/c1-2(6)3-7-4(5)8-9-3/h2H,6H2,1H3/t2-/m0/s1. The minimum atomic E-state index is -0.191. The quantitative estimate of drug-likeness (QED) is 0.716. The Morgan fingerprint density at radius 1 is 1.78 bits per heavy atom. The van der Waals surface area contributed by atoms with Crippen LogP contribution in [0.5, 0.6) is 0 Å². The number of aromatic nitrogens is 2. The number of hydrogen-bond acceptors (Lipinski definition) is 4. The summed E-state index contributed by atoms with van der Waals surface area (Å²) in [6.07, 6.45) is 0. The second-order valence-electron chi connectivity index (χ2n) is 1.69. The van der Waals surface area contributed by atoms with Crippen molar-refractivity contribution in [1.29, 1.82) is 0 Å². The van der Waals surface area contributed by atoms with Crippen LogP contribution in [0.1, 0.15) is 18.9 Å². The van der Waals surface area contributed by atoms with Crippen LogP contribution in [0.4, 0.5) is 0 Å². The molecule has 1 heterocycles. The maximum Gasteiger partial charge on any atom is 0.244 e. The lowest BCUT2D eigenvalue weighted by atomic mass is 10.4. The van der Waals surface area contributed by atoms with E-state index in [0.717, 1.165) is 0 Å². The summed E-state index contributed by atoms with van der Waals surface area (Å²) >= 11 is 3.03. The summed E-state index contributed by atoms with van der Waals surface area (Å²) in [5.74, 6) is 0.446. The molecule has 0 radical (unpaired) electrons. The predicted molar refractivity (Wildman–Crippen MR) is 34.6 cm³/mol. The maximum atomic E-state index is 5.41. The summed E-state index contributed by atoms with van der Waals surface area (Å²) in [7, 11) is 0. The lowest BCUT2D eigenvalue weighted by Gasteiger charge is -1.91. The first kappa shape index (κ1) is 6.70. The van der Waals surface area contributed by atoms with Crippen molar-refractivity contribution in [2.45, 2.75) is 13.0 Å². The smallest absolute Gasteiger partial charge is 0.244 e. The molecule has 0 unspecified atom stereocenters. The van der Waals surface area contributed by atoms with Crippen LogP contribution in [0.15, 0.2) is 9.26 Å². The first-order chi connectivity index (χ1) is 4.20. The van der Waals surface area contributed by atoms with Gasteiger partial charge in [-0.15, -0.1) is 0 Å². The van der Waals surface area contributed by atoms with E-state index in [0.29, 0.717) is 10.6 Å². The van der Waals surface area contributed by atoms with Crippen molar-refractivity contribution in [3.63, 3.8) is 0 Å². The third-order valence-corrected chi connectivity index (χ3v) is 1.13. The van der Waals surface area contributed by atoms with Gasteiger partial charge in [-0.1, -0.05) is 0 Å². The van der Waals surface area contributed by atoms with Crippen LogP contribution in [0, 0.1) is 0 Å². The average Bonchev–Trinajstić information content (AvgIpc) is 2.14. The van der Waals surface area contributed by atoms with Gasteiger partial charge < -0.3 is 10.3 Å². The van der Waals surface area contributed by atoms with Gasteiger partial charge in [0.05, 0.1) is 6.04 Å². The molecule has 0 amide bonds. The Hall–Kier alpha value is -0.420. The molecule has 0 fully saturated rings. The van der Waals surface area contributed by atoms with E-state index < -0.39 is 0 Å². The van der Waals surface area contributed by atoms with Gasteiger partial charge >= 0.3 is 0 Å². The highest BCUT2D eigenvalue weighted by Crippen LogP contribution is 2.08. The molecule has 0 aliphatic heterocycles. The number of nitrogens with two attached hydrogens (primary N) is 1. The molecule has 9 heavy (non-hydrogen) atoms. The minimum Gasteiger partial charge on any atom is -0.337 e. The summed E-state index contributed by atoms with van der Waals surface area (Å²) in [4.78, 5) is 3.82. The molecule has 5 heteroatoms. The van der Waals surface area contributed by atoms with Gasteiger partial charge in [-0.25, -0.2) is 0 Å². The monoisotopic (exact) mass is 191 g/mol. The van der Waals surface area contributed by atoms with Crippen molar-refractivity contribution >= 4 is 15.9 Å². The van der Waals surface area contributed by atoms with E-state index in [4.69, 9.17) is 10.3 Å². The molecular weight excluding hydrogens is 186 g/mol. The van der Waals surface area contributed by atoms with E-state index in [9.17, 15) is 0 Å². The fourth-order valence-electron chi connectivity index (χ4n) is 0.401.